The van der Waals surface area contributed by atoms with E-state index in [-0.39, 0.29) is 19.1 Å². The van der Waals surface area contributed by atoms with Crippen molar-refractivity contribution in [1.29, 1.82) is 0 Å². The summed E-state index contributed by atoms with van der Waals surface area (Å²) in [5, 5.41) is 18.3. The fourth-order valence-electron chi connectivity index (χ4n) is 2.41. The van der Waals surface area contributed by atoms with E-state index in [1.807, 2.05) is 19.3 Å². The molecule has 9 heteroatoms. The first-order chi connectivity index (χ1) is 13.1. The van der Waals surface area contributed by atoms with Crippen LogP contribution in [0.2, 0.25) is 0 Å². The van der Waals surface area contributed by atoms with Crippen LogP contribution in [0.4, 0.5) is 0 Å². The maximum atomic E-state index is 12.4. The SMILES string of the molecule is COc1cc(CNC(=O)c2csc(-c3cnn(C)c3)n2)ccc1OCCO. The lowest BCUT2D eigenvalue weighted by atomic mass is 10.2. The van der Waals surface area contributed by atoms with Gasteiger partial charge in [0.2, 0.25) is 0 Å². The molecule has 0 saturated heterocycles. The second kappa shape index (κ2) is 8.65. The molecule has 3 rings (SSSR count). The first-order valence-electron chi connectivity index (χ1n) is 8.24. The monoisotopic (exact) mass is 388 g/mol. The van der Waals surface area contributed by atoms with Gasteiger partial charge < -0.3 is 19.9 Å². The normalized spacial score (nSPS) is 10.6. The van der Waals surface area contributed by atoms with E-state index in [2.05, 4.69) is 15.4 Å². The van der Waals surface area contributed by atoms with E-state index in [1.54, 1.807) is 35.5 Å². The van der Waals surface area contributed by atoms with Crippen molar-refractivity contribution in [2.24, 2.45) is 7.05 Å². The third-order valence-corrected chi connectivity index (χ3v) is 4.61. The van der Waals surface area contributed by atoms with Gasteiger partial charge in [0.05, 0.1) is 19.9 Å². The predicted octanol–water partition coefficient (Wildman–Crippen LogP) is 1.85. The number of hydrogen-bond donors (Lipinski definition) is 2. The van der Waals surface area contributed by atoms with E-state index < -0.39 is 0 Å². The highest BCUT2D eigenvalue weighted by molar-refractivity contribution is 7.13. The van der Waals surface area contributed by atoms with Crippen molar-refractivity contribution in [2.75, 3.05) is 20.3 Å². The van der Waals surface area contributed by atoms with Gasteiger partial charge in [0.1, 0.15) is 17.3 Å². The number of carbonyl (C=O) groups is 1. The maximum absolute atomic E-state index is 12.4. The molecule has 0 aliphatic carbocycles. The van der Waals surface area contributed by atoms with Crippen LogP contribution in [0.3, 0.4) is 0 Å². The molecule has 142 valence electrons. The summed E-state index contributed by atoms with van der Waals surface area (Å²) < 4.78 is 12.4. The zero-order chi connectivity index (χ0) is 19.2. The van der Waals surface area contributed by atoms with Crippen molar-refractivity contribution in [2.45, 2.75) is 6.54 Å². The Bertz CT molecular complexity index is 922. The molecular formula is C18H20N4O4S. The van der Waals surface area contributed by atoms with Gasteiger partial charge in [0.25, 0.3) is 5.91 Å². The highest BCUT2D eigenvalue weighted by atomic mass is 32.1. The molecule has 0 aliphatic rings. The largest absolute Gasteiger partial charge is 0.493 e. The Morgan fingerprint density at radius 2 is 2.22 bits per heavy atom. The maximum Gasteiger partial charge on any atom is 0.271 e. The van der Waals surface area contributed by atoms with E-state index in [1.165, 1.54) is 11.3 Å². The molecule has 0 saturated carbocycles. The van der Waals surface area contributed by atoms with Crippen LogP contribution in [0.15, 0.2) is 36.0 Å². The van der Waals surface area contributed by atoms with Crippen LogP contribution >= 0.6 is 11.3 Å². The van der Waals surface area contributed by atoms with Crippen LogP contribution < -0.4 is 14.8 Å². The van der Waals surface area contributed by atoms with E-state index in [9.17, 15) is 4.79 Å². The third-order valence-electron chi connectivity index (χ3n) is 3.72. The van der Waals surface area contributed by atoms with Crippen molar-refractivity contribution in [3.63, 3.8) is 0 Å². The van der Waals surface area contributed by atoms with Gasteiger partial charge in [-0.05, 0) is 17.7 Å². The number of nitrogens with one attached hydrogen (secondary N) is 1. The number of nitrogens with zero attached hydrogens (tertiary/aromatic N) is 3. The lowest BCUT2D eigenvalue weighted by molar-refractivity contribution is 0.0946. The molecule has 27 heavy (non-hydrogen) atoms. The standard InChI is InChI=1S/C18H20N4O4S/c1-22-10-13(9-20-22)18-21-14(11-27-18)17(24)19-8-12-3-4-15(26-6-5-23)16(7-12)25-2/h3-4,7,9-11,23H,5-6,8H2,1-2H3,(H,19,24). The van der Waals surface area contributed by atoms with Crippen LogP contribution in [0.25, 0.3) is 10.6 Å². The minimum Gasteiger partial charge on any atom is -0.493 e. The number of rotatable bonds is 8. The van der Waals surface area contributed by atoms with Crippen LogP contribution in [0.1, 0.15) is 16.1 Å². The second-order valence-electron chi connectivity index (χ2n) is 5.68. The molecule has 8 nitrogen and oxygen atoms in total. The average Bonchev–Trinajstić information content (AvgIpc) is 3.33. The molecule has 1 aromatic carbocycles. The molecule has 3 aromatic rings. The molecule has 0 atom stereocenters. The predicted molar refractivity (Wildman–Crippen MR) is 101 cm³/mol. The topological polar surface area (TPSA) is 98.5 Å². The first kappa shape index (κ1) is 18.9. The fraction of sp³-hybridized carbons (Fsp3) is 0.278. The number of hydrogen-bond acceptors (Lipinski definition) is 7. The number of aryl methyl sites for hydroxylation is 1. The van der Waals surface area contributed by atoms with Crippen LogP contribution in [-0.2, 0) is 13.6 Å². The van der Waals surface area contributed by atoms with Crippen molar-refractivity contribution < 1.29 is 19.4 Å². The zero-order valence-electron chi connectivity index (χ0n) is 15.0. The van der Waals surface area contributed by atoms with Gasteiger partial charge in [-0.3, -0.25) is 9.48 Å². The molecule has 0 spiro atoms. The second-order valence-corrected chi connectivity index (χ2v) is 6.54. The molecule has 0 unspecified atom stereocenters. The zero-order valence-corrected chi connectivity index (χ0v) is 15.8. The van der Waals surface area contributed by atoms with Gasteiger partial charge in [0.15, 0.2) is 11.5 Å². The minimum absolute atomic E-state index is 0.0738. The number of carbonyl (C=O) groups excluding carboxylic acids is 1. The highest BCUT2D eigenvalue weighted by Gasteiger charge is 2.13. The number of aliphatic hydroxyl groups excluding tert-OH is 1. The van der Waals surface area contributed by atoms with E-state index in [0.717, 1.165) is 16.1 Å². The first-order valence-corrected chi connectivity index (χ1v) is 9.12. The number of aliphatic hydroxyl groups is 1. The Morgan fingerprint density at radius 3 is 2.93 bits per heavy atom. The fourth-order valence-corrected chi connectivity index (χ4v) is 3.19. The van der Waals surface area contributed by atoms with Gasteiger partial charge in [-0.1, -0.05) is 6.07 Å². The average molecular weight is 388 g/mol. The summed E-state index contributed by atoms with van der Waals surface area (Å²) in [6.07, 6.45) is 3.57. The van der Waals surface area contributed by atoms with Crippen molar-refractivity contribution in [3.8, 4) is 22.1 Å². The van der Waals surface area contributed by atoms with Crippen molar-refractivity contribution >= 4 is 17.2 Å². The molecule has 0 radical (unpaired) electrons. The Kier molecular flexibility index (Phi) is 6.05. The van der Waals surface area contributed by atoms with Crippen molar-refractivity contribution in [3.05, 3.63) is 47.2 Å². The summed E-state index contributed by atoms with van der Waals surface area (Å²) in [6.45, 7) is 0.445. The molecule has 0 fully saturated rings. The number of aromatic nitrogens is 3. The Hall–Kier alpha value is -2.91. The number of thiazole rings is 1. The molecule has 1 amide bonds. The molecule has 2 aromatic heterocycles. The van der Waals surface area contributed by atoms with Crippen LogP contribution in [0, 0.1) is 0 Å². The summed E-state index contributed by atoms with van der Waals surface area (Å²) in [4.78, 5) is 16.7. The third kappa shape index (κ3) is 4.63. The highest BCUT2D eigenvalue weighted by Crippen LogP contribution is 2.28. The van der Waals surface area contributed by atoms with Gasteiger partial charge in [-0.15, -0.1) is 11.3 Å². The number of methoxy groups -OCH3 is 1. The van der Waals surface area contributed by atoms with Crippen LogP contribution in [-0.4, -0.2) is 46.1 Å². The number of ether oxygens (including phenoxy) is 2. The molecule has 2 N–H and O–H groups in total. The molecule has 0 aliphatic heterocycles. The van der Waals surface area contributed by atoms with Gasteiger partial charge in [-0.25, -0.2) is 4.98 Å². The summed E-state index contributed by atoms with van der Waals surface area (Å²) >= 11 is 1.40. The van der Waals surface area contributed by atoms with Crippen LogP contribution in [0.5, 0.6) is 11.5 Å². The smallest absolute Gasteiger partial charge is 0.271 e. The summed E-state index contributed by atoms with van der Waals surface area (Å²) in [7, 11) is 3.37. The number of amides is 1. The lowest BCUT2D eigenvalue weighted by Crippen LogP contribution is -2.23. The van der Waals surface area contributed by atoms with Crippen molar-refractivity contribution in [1.82, 2.24) is 20.1 Å². The van der Waals surface area contributed by atoms with E-state index in [4.69, 9.17) is 14.6 Å². The quantitative estimate of drug-likeness (QED) is 0.611. The Balaban J connectivity index is 1.63. The van der Waals surface area contributed by atoms with Gasteiger partial charge in [-0.2, -0.15) is 5.10 Å². The van der Waals surface area contributed by atoms with Gasteiger partial charge >= 0.3 is 0 Å². The lowest BCUT2D eigenvalue weighted by Gasteiger charge is -2.11. The van der Waals surface area contributed by atoms with Gasteiger partial charge in [0, 0.05) is 30.7 Å². The Labute approximate surface area is 160 Å². The molecular weight excluding hydrogens is 368 g/mol. The summed E-state index contributed by atoms with van der Waals surface area (Å²) in [5.41, 5.74) is 2.11. The number of benzene rings is 1. The summed E-state index contributed by atoms with van der Waals surface area (Å²) in [5.74, 6) is 0.839. The molecule has 2 heterocycles. The van der Waals surface area contributed by atoms with E-state index in [0.29, 0.717) is 23.7 Å². The molecule has 0 bridgehead atoms. The minimum atomic E-state index is -0.249. The summed E-state index contributed by atoms with van der Waals surface area (Å²) in [6, 6.07) is 5.37. The Morgan fingerprint density at radius 1 is 1.37 bits per heavy atom. The van der Waals surface area contributed by atoms with E-state index >= 15 is 0 Å².